The van der Waals surface area contributed by atoms with Crippen LogP contribution in [0.4, 0.5) is 0 Å². The maximum Gasteiger partial charge on any atom is 0.311 e. The number of carboxylic acid groups (broad SMARTS) is 2. The van der Waals surface area contributed by atoms with Crippen molar-refractivity contribution in [3.05, 3.63) is 34.9 Å². The van der Waals surface area contributed by atoms with E-state index < -0.39 is 23.8 Å². The quantitative estimate of drug-likeness (QED) is 0.640. The number of benzene rings is 1. The van der Waals surface area contributed by atoms with Crippen LogP contribution in [0.5, 0.6) is 0 Å². The molecule has 0 fully saturated rings. The van der Waals surface area contributed by atoms with Gasteiger partial charge in [-0.1, -0.05) is 59.7 Å². The summed E-state index contributed by atoms with van der Waals surface area (Å²) in [6, 6.07) is 5.60. The first-order valence-corrected chi connectivity index (χ1v) is 9.14. The van der Waals surface area contributed by atoms with E-state index in [0.717, 1.165) is 5.56 Å². The van der Waals surface area contributed by atoms with Crippen LogP contribution in [-0.4, -0.2) is 22.2 Å². The fourth-order valence-corrected chi connectivity index (χ4v) is 3.46. The van der Waals surface area contributed by atoms with Gasteiger partial charge in [-0.15, -0.1) is 0 Å². The summed E-state index contributed by atoms with van der Waals surface area (Å²) in [7, 11) is 0. The third-order valence-corrected chi connectivity index (χ3v) is 4.53. The highest BCUT2D eigenvalue weighted by Crippen LogP contribution is 2.38. The molecule has 0 radical (unpaired) electrons. The van der Waals surface area contributed by atoms with Crippen LogP contribution in [0.2, 0.25) is 0 Å². The SMILES string of the molecule is CC(C)CC(C(=O)O)c1cccc(C(C)C)c1C(CC(C)C)C(=O)O. The predicted molar refractivity (Wildman–Crippen MR) is 100 cm³/mol. The number of aliphatic carboxylic acids is 2. The molecule has 2 unspecified atom stereocenters. The molecule has 0 saturated heterocycles. The Labute approximate surface area is 151 Å². The Hall–Kier alpha value is -1.84. The fraction of sp³-hybridized carbons (Fsp3) is 0.619. The van der Waals surface area contributed by atoms with Gasteiger partial charge < -0.3 is 10.2 Å². The first kappa shape index (κ1) is 21.2. The van der Waals surface area contributed by atoms with Crippen molar-refractivity contribution < 1.29 is 19.8 Å². The highest BCUT2D eigenvalue weighted by Gasteiger charge is 2.32. The molecule has 0 amide bonds. The molecule has 0 aliphatic carbocycles. The second kappa shape index (κ2) is 9.02. The minimum Gasteiger partial charge on any atom is -0.481 e. The highest BCUT2D eigenvalue weighted by atomic mass is 16.4. The number of carboxylic acids is 2. The average Bonchev–Trinajstić information content (AvgIpc) is 2.48. The van der Waals surface area contributed by atoms with Gasteiger partial charge in [0.05, 0.1) is 11.8 Å². The van der Waals surface area contributed by atoms with Crippen LogP contribution >= 0.6 is 0 Å². The molecule has 0 aliphatic heterocycles. The van der Waals surface area contributed by atoms with Crippen molar-refractivity contribution in [2.24, 2.45) is 11.8 Å². The molecular formula is C21H32O4. The molecule has 0 saturated carbocycles. The Morgan fingerprint density at radius 3 is 1.64 bits per heavy atom. The van der Waals surface area contributed by atoms with Crippen molar-refractivity contribution in [1.29, 1.82) is 0 Å². The van der Waals surface area contributed by atoms with Crippen molar-refractivity contribution in [2.45, 2.75) is 72.1 Å². The van der Waals surface area contributed by atoms with Crippen molar-refractivity contribution >= 4 is 11.9 Å². The molecule has 1 aromatic carbocycles. The summed E-state index contributed by atoms with van der Waals surface area (Å²) in [5.41, 5.74) is 2.33. The lowest BCUT2D eigenvalue weighted by Gasteiger charge is -2.27. The monoisotopic (exact) mass is 348 g/mol. The zero-order valence-electron chi connectivity index (χ0n) is 16.2. The Bertz CT molecular complexity index is 602. The molecule has 140 valence electrons. The van der Waals surface area contributed by atoms with Gasteiger partial charge in [-0.05, 0) is 47.3 Å². The van der Waals surface area contributed by atoms with Crippen LogP contribution in [-0.2, 0) is 9.59 Å². The number of rotatable bonds is 9. The molecular weight excluding hydrogens is 316 g/mol. The maximum atomic E-state index is 12.0. The van der Waals surface area contributed by atoms with Crippen molar-refractivity contribution in [3.63, 3.8) is 0 Å². The van der Waals surface area contributed by atoms with Crippen LogP contribution in [0.3, 0.4) is 0 Å². The largest absolute Gasteiger partial charge is 0.481 e. The zero-order chi connectivity index (χ0) is 19.3. The molecule has 0 aliphatic rings. The summed E-state index contributed by atoms with van der Waals surface area (Å²) in [4.78, 5) is 24.0. The molecule has 0 aromatic heterocycles. The van der Waals surface area contributed by atoms with Crippen LogP contribution in [0.25, 0.3) is 0 Å². The smallest absolute Gasteiger partial charge is 0.311 e. The Morgan fingerprint density at radius 1 is 0.800 bits per heavy atom. The molecule has 2 N–H and O–H groups in total. The normalized spacial score (nSPS) is 14.1. The molecule has 2 atom stereocenters. The second-order valence-corrected chi connectivity index (χ2v) is 8.05. The summed E-state index contributed by atoms with van der Waals surface area (Å²) in [6.07, 6.45) is 0.998. The zero-order valence-corrected chi connectivity index (χ0v) is 16.2. The summed E-state index contributed by atoms with van der Waals surface area (Å²) in [6.45, 7) is 12.0. The predicted octanol–water partition coefficient (Wildman–Crippen LogP) is 5.24. The average molecular weight is 348 g/mol. The first-order chi connectivity index (χ1) is 11.6. The molecule has 4 nitrogen and oxygen atoms in total. The van der Waals surface area contributed by atoms with Crippen LogP contribution in [0.1, 0.15) is 88.8 Å². The molecule has 1 rings (SSSR count). The standard InChI is InChI=1S/C21H32O4/c1-12(2)10-17(20(22)23)16-9-7-8-15(14(5)6)19(16)18(21(24)25)11-13(3)4/h7-9,12-14,17-18H,10-11H2,1-6H3,(H,22,23)(H,24,25). The van der Waals surface area contributed by atoms with E-state index in [2.05, 4.69) is 0 Å². The minimum absolute atomic E-state index is 0.137. The Morgan fingerprint density at radius 2 is 1.24 bits per heavy atom. The highest BCUT2D eigenvalue weighted by molar-refractivity contribution is 5.81. The van der Waals surface area contributed by atoms with E-state index in [0.29, 0.717) is 24.0 Å². The van der Waals surface area contributed by atoms with E-state index in [-0.39, 0.29) is 17.8 Å². The van der Waals surface area contributed by atoms with E-state index >= 15 is 0 Å². The summed E-state index contributed by atoms with van der Waals surface area (Å²) in [5, 5.41) is 19.6. The summed E-state index contributed by atoms with van der Waals surface area (Å²) in [5.74, 6) is -2.56. The van der Waals surface area contributed by atoms with Gasteiger partial charge in [0.15, 0.2) is 0 Å². The molecule has 0 bridgehead atoms. The van der Waals surface area contributed by atoms with Crippen molar-refractivity contribution in [1.82, 2.24) is 0 Å². The Kier molecular flexibility index (Phi) is 7.65. The summed E-state index contributed by atoms with van der Waals surface area (Å²) < 4.78 is 0. The van der Waals surface area contributed by atoms with E-state index in [1.807, 2.05) is 53.7 Å². The molecule has 1 aromatic rings. The first-order valence-electron chi connectivity index (χ1n) is 9.14. The number of hydrogen-bond donors (Lipinski definition) is 2. The van der Waals surface area contributed by atoms with Gasteiger partial charge >= 0.3 is 11.9 Å². The van der Waals surface area contributed by atoms with Crippen LogP contribution in [0.15, 0.2) is 18.2 Å². The third-order valence-electron chi connectivity index (χ3n) is 4.53. The number of hydrogen-bond acceptors (Lipinski definition) is 2. The maximum absolute atomic E-state index is 12.0. The van der Waals surface area contributed by atoms with E-state index in [4.69, 9.17) is 0 Å². The van der Waals surface area contributed by atoms with E-state index in [1.54, 1.807) is 6.07 Å². The molecule has 0 spiro atoms. The van der Waals surface area contributed by atoms with Crippen molar-refractivity contribution in [3.8, 4) is 0 Å². The van der Waals surface area contributed by atoms with Crippen LogP contribution in [0, 0.1) is 11.8 Å². The lowest BCUT2D eigenvalue weighted by Crippen LogP contribution is -2.23. The third kappa shape index (κ3) is 5.58. The van der Waals surface area contributed by atoms with Crippen molar-refractivity contribution in [2.75, 3.05) is 0 Å². The second-order valence-electron chi connectivity index (χ2n) is 8.05. The van der Waals surface area contributed by atoms with E-state index in [1.165, 1.54) is 0 Å². The van der Waals surface area contributed by atoms with Gasteiger partial charge in [-0.3, -0.25) is 9.59 Å². The summed E-state index contributed by atoms with van der Waals surface area (Å²) >= 11 is 0. The topological polar surface area (TPSA) is 74.6 Å². The van der Waals surface area contributed by atoms with E-state index in [9.17, 15) is 19.8 Å². The lowest BCUT2D eigenvalue weighted by molar-refractivity contribution is -0.140. The van der Waals surface area contributed by atoms with Gasteiger partial charge in [0.2, 0.25) is 0 Å². The van der Waals surface area contributed by atoms with Gasteiger partial charge in [-0.25, -0.2) is 0 Å². The lowest BCUT2D eigenvalue weighted by atomic mass is 9.77. The van der Waals surface area contributed by atoms with Gasteiger partial charge in [0.1, 0.15) is 0 Å². The van der Waals surface area contributed by atoms with Gasteiger partial charge in [-0.2, -0.15) is 0 Å². The molecule has 25 heavy (non-hydrogen) atoms. The number of carbonyl (C=O) groups is 2. The van der Waals surface area contributed by atoms with Gasteiger partial charge in [0, 0.05) is 0 Å². The molecule has 4 heteroatoms. The Balaban J connectivity index is 3.64. The van der Waals surface area contributed by atoms with Gasteiger partial charge in [0.25, 0.3) is 0 Å². The molecule has 0 heterocycles. The minimum atomic E-state index is -0.885. The van der Waals surface area contributed by atoms with Crippen LogP contribution < -0.4 is 0 Å². The fourth-order valence-electron chi connectivity index (χ4n) is 3.46.